The highest BCUT2D eigenvalue weighted by Crippen LogP contribution is 2.27. The predicted molar refractivity (Wildman–Crippen MR) is 98.2 cm³/mol. The first-order valence-corrected chi connectivity index (χ1v) is 8.92. The van der Waals surface area contributed by atoms with Crippen molar-refractivity contribution in [2.24, 2.45) is 13.0 Å². The smallest absolute Gasteiger partial charge is 0.219 e. The number of hydrogen-bond donors (Lipinski definition) is 0. The van der Waals surface area contributed by atoms with E-state index in [-0.39, 0.29) is 0 Å². The maximum Gasteiger partial charge on any atom is 0.219 e. The number of hydrogen-bond acceptors (Lipinski definition) is 7. The van der Waals surface area contributed by atoms with Crippen LogP contribution in [0.4, 0.5) is 5.82 Å². The molecule has 0 bridgehead atoms. The summed E-state index contributed by atoms with van der Waals surface area (Å²) in [5, 5.41) is 5.31. The van der Waals surface area contributed by atoms with Gasteiger partial charge in [-0.15, -0.1) is 0 Å². The first-order valence-electron chi connectivity index (χ1n) is 8.92. The fourth-order valence-electron chi connectivity index (χ4n) is 3.37. The maximum absolute atomic E-state index is 5.96. The lowest BCUT2D eigenvalue weighted by molar-refractivity contribution is 0.214. The van der Waals surface area contributed by atoms with Crippen molar-refractivity contribution in [3.8, 4) is 5.88 Å². The number of rotatable bonds is 4. The average Bonchev–Trinajstić information content (AvgIpc) is 3.05. The van der Waals surface area contributed by atoms with Gasteiger partial charge in [-0.25, -0.2) is 19.9 Å². The van der Waals surface area contributed by atoms with Crippen LogP contribution in [0, 0.1) is 19.8 Å². The number of nitrogens with zero attached hydrogens (tertiary/aromatic N) is 7. The zero-order chi connectivity index (χ0) is 18.1. The molecule has 8 nitrogen and oxygen atoms in total. The largest absolute Gasteiger partial charge is 0.477 e. The summed E-state index contributed by atoms with van der Waals surface area (Å²) >= 11 is 0. The maximum atomic E-state index is 5.96. The first-order chi connectivity index (χ1) is 12.6. The summed E-state index contributed by atoms with van der Waals surface area (Å²) in [5.74, 6) is 2.20. The topological polar surface area (TPSA) is 81.8 Å². The van der Waals surface area contributed by atoms with E-state index in [4.69, 9.17) is 4.74 Å². The third kappa shape index (κ3) is 3.07. The van der Waals surface area contributed by atoms with Crippen molar-refractivity contribution in [1.29, 1.82) is 0 Å². The van der Waals surface area contributed by atoms with E-state index in [1.807, 2.05) is 27.1 Å². The fraction of sp³-hybridized carbons (Fsp3) is 0.500. The third-order valence-electron chi connectivity index (χ3n) is 5.17. The molecule has 0 radical (unpaired) electrons. The Kier molecular flexibility index (Phi) is 4.40. The lowest BCUT2D eigenvalue weighted by Crippen LogP contribution is -2.36. The van der Waals surface area contributed by atoms with E-state index in [9.17, 15) is 0 Å². The summed E-state index contributed by atoms with van der Waals surface area (Å²) in [4.78, 5) is 19.6. The molecule has 0 atom stereocenters. The number of fused-ring (bicyclic) bond motifs is 1. The zero-order valence-corrected chi connectivity index (χ0v) is 15.4. The van der Waals surface area contributed by atoms with Crippen molar-refractivity contribution in [3.05, 3.63) is 30.1 Å². The monoisotopic (exact) mass is 353 g/mol. The minimum Gasteiger partial charge on any atom is -0.477 e. The molecule has 0 N–H and O–H groups in total. The summed E-state index contributed by atoms with van der Waals surface area (Å²) in [6, 6.07) is 0. The van der Waals surface area contributed by atoms with Crippen LogP contribution in [-0.2, 0) is 7.05 Å². The Morgan fingerprint density at radius 2 is 1.85 bits per heavy atom. The van der Waals surface area contributed by atoms with Gasteiger partial charge in [0.1, 0.15) is 18.5 Å². The highest BCUT2D eigenvalue weighted by molar-refractivity contribution is 5.86. The fourth-order valence-corrected chi connectivity index (χ4v) is 3.37. The molecule has 1 fully saturated rings. The molecule has 0 unspecified atom stereocenters. The lowest BCUT2D eigenvalue weighted by Gasteiger charge is -2.32. The molecule has 1 aliphatic heterocycles. The van der Waals surface area contributed by atoms with Crippen molar-refractivity contribution in [2.75, 3.05) is 24.6 Å². The van der Waals surface area contributed by atoms with Gasteiger partial charge in [0.25, 0.3) is 0 Å². The summed E-state index contributed by atoms with van der Waals surface area (Å²) in [6.07, 6.45) is 7.16. The zero-order valence-electron chi connectivity index (χ0n) is 15.4. The van der Waals surface area contributed by atoms with Crippen molar-refractivity contribution >= 4 is 16.9 Å². The van der Waals surface area contributed by atoms with Crippen LogP contribution in [0.5, 0.6) is 5.88 Å². The van der Waals surface area contributed by atoms with Crippen LogP contribution in [0.15, 0.2) is 18.9 Å². The second kappa shape index (κ2) is 6.86. The van der Waals surface area contributed by atoms with Gasteiger partial charge < -0.3 is 9.64 Å². The highest BCUT2D eigenvalue weighted by atomic mass is 16.5. The molecule has 3 aromatic heterocycles. The van der Waals surface area contributed by atoms with Crippen LogP contribution >= 0.6 is 0 Å². The van der Waals surface area contributed by atoms with Crippen LogP contribution in [0.1, 0.15) is 24.1 Å². The van der Waals surface area contributed by atoms with Gasteiger partial charge in [0.2, 0.25) is 5.88 Å². The van der Waals surface area contributed by atoms with Crippen LogP contribution in [0.25, 0.3) is 11.0 Å². The van der Waals surface area contributed by atoms with E-state index < -0.39 is 0 Å². The normalized spacial score (nSPS) is 15.6. The number of ether oxygens (including phenoxy) is 1. The number of piperidine rings is 1. The Morgan fingerprint density at radius 1 is 1.08 bits per heavy atom. The Labute approximate surface area is 152 Å². The molecule has 136 valence electrons. The van der Waals surface area contributed by atoms with Gasteiger partial charge in [-0.2, -0.15) is 5.10 Å². The van der Waals surface area contributed by atoms with Crippen molar-refractivity contribution < 1.29 is 4.74 Å². The number of anilines is 1. The molecule has 3 aromatic rings. The summed E-state index contributed by atoms with van der Waals surface area (Å²) in [5.41, 5.74) is 2.86. The molecule has 4 rings (SSSR count). The Balaban J connectivity index is 1.39. The number of aryl methyl sites for hydroxylation is 2. The minimum atomic E-state index is 0.521. The van der Waals surface area contributed by atoms with Gasteiger partial charge in [-0.05, 0) is 32.6 Å². The quantitative estimate of drug-likeness (QED) is 0.710. The standard InChI is InChI=1S/C18H23N7O/c1-12-13(2)19-10-22-18(12)26-9-14-4-6-25(7-5-14)17-15-8-23-24(3)16(15)20-11-21-17/h8,10-11,14H,4-7,9H2,1-3H3. The summed E-state index contributed by atoms with van der Waals surface area (Å²) in [6.45, 7) is 6.58. The van der Waals surface area contributed by atoms with Crippen LogP contribution in [0.2, 0.25) is 0 Å². The molecule has 4 heterocycles. The van der Waals surface area contributed by atoms with Crippen LogP contribution in [0.3, 0.4) is 0 Å². The minimum absolute atomic E-state index is 0.521. The lowest BCUT2D eigenvalue weighted by atomic mass is 9.97. The molecule has 0 amide bonds. The van der Waals surface area contributed by atoms with Gasteiger partial charge >= 0.3 is 0 Å². The molecular weight excluding hydrogens is 330 g/mol. The van der Waals surface area contributed by atoms with E-state index in [0.29, 0.717) is 18.4 Å². The predicted octanol–water partition coefficient (Wildman–Crippen LogP) is 2.07. The van der Waals surface area contributed by atoms with E-state index >= 15 is 0 Å². The third-order valence-corrected chi connectivity index (χ3v) is 5.17. The molecule has 0 aliphatic carbocycles. The molecule has 26 heavy (non-hydrogen) atoms. The molecule has 1 aliphatic rings. The van der Waals surface area contributed by atoms with E-state index in [2.05, 4.69) is 29.9 Å². The van der Waals surface area contributed by atoms with Gasteiger partial charge in [-0.1, -0.05) is 0 Å². The second-order valence-corrected chi connectivity index (χ2v) is 6.83. The molecular formula is C18H23N7O. The van der Waals surface area contributed by atoms with Gasteiger partial charge in [-0.3, -0.25) is 4.68 Å². The Bertz CT molecular complexity index is 915. The van der Waals surface area contributed by atoms with E-state index in [1.165, 1.54) is 0 Å². The van der Waals surface area contributed by atoms with Crippen LogP contribution < -0.4 is 9.64 Å². The van der Waals surface area contributed by atoms with Crippen LogP contribution in [-0.4, -0.2) is 49.4 Å². The molecule has 0 spiro atoms. The SMILES string of the molecule is Cc1ncnc(OCC2CCN(c3ncnc4c3cnn4C)CC2)c1C. The molecule has 1 saturated heterocycles. The van der Waals surface area contributed by atoms with E-state index in [0.717, 1.165) is 54.0 Å². The second-order valence-electron chi connectivity index (χ2n) is 6.83. The van der Waals surface area contributed by atoms with Crippen molar-refractivity contribution in [1.82, 2.24) is 29.7 Å². The van der Waals surface area contributed by atoms with Crippen molar-refractivity contribution in [2.45, 2.75) is 26.7 Å². The van der Waals surface area contributed by atoms with Gasteiger partial charge in [0.15, 0.2) is 5.65 Å². The molecule has 0 saturated carbocycles. The Morgan fingerprint density at radius 3 is 2.65 bits per heavy atom. The highest BCUT2D eigenvalue weighted by Gasteiger charge is 2.23. The first kappa shape index (κ1) is 16.7. The average molecular weight is 353 g/mol. The molecule has 0 aromatic carbocycles. The Hall–Kier alpha value is -2.77. The summed E-state index contributed by atoms with van der Waals surface area (Å²) < 4.78 is 7.75. The van der Waals surface area contributed by atoms with E-state index in [1.54, 1.807) is 17.3 Å². The van der Waals surface area contributed by atoms with Gasteiger partial charge in [0.05, 0.1) is 18.2 Å². The number of aromatic nitrogens is 6. The van der Waals surface area contributed by atoms with Crippen molar-refractivity contribution in [3.63, 3.8) is 0 Å². The molecule has 8 heteroatoms. The van der Waals surface area contributed by atoms with Gasteiger partial charge in [0, 0.05) is 31.4 Å². The summed E-state index contributed by atoms with van der Waals surface area (Å²) in [7, 11) is 1.90.